The van der Waals surface area contributed by atoms with E-state index in [1.54, 1.807) is 14.2 Å². The predicted molar refractivity (Wildman–Crippen MR) is 136 cm³/mol. The molecule has 4 nitrogen and oxygen atoms in total. The molecule has 0 bridgehead atoms. The lowest BCUT2D eigenvalue weighted by Gasteiger charge is -2.52. The smallest absolute Gasteiger partial charge is 0.200 e. The van der Waals surface area contributed by atoms with E-state index < -0.39 is 8.32 Å². The summed E-state index contributed by atoms with van der Waals surface area (Å²) in [6.45, 7) is 20.5. The van der Waals surface area contributed by atoms with E-state index in [4.69, 9.17) is 13.9 Å². The number of rotatable bonds is 10. The summed E-state index contributed by atoms with van der Waals surface area (Å²) >= 11 is 0. The highest BCUT2D eigenvalue weighted by atomic mass is 28.4. The zero-order valence-corrected chi connectivity index (χ0v) is 22.7. The van der Waals surface area contributed by atoms with Crippen LogP contribution in [-0.4, -0.2) is 46.6 Å². The van der Waals surface area contributed by atoms with Crippen molar-refractivity contribution >= 4 is 8.32 Å². The summed E-state index contributed by atoms with van der Waals surface area (Å²) in [5.41, 5.74) is 4.34. The van der Waals surface area contributed by atoms with Crippen molar-refractivity contribution in [2.24, 2.45) is 0 Å². The standard InChI is InChI=1S/C27H45NO3Si/c1-10-11-14-27-23-18-25(30-9)24(29-8)17-22(23)12-15-28(27)16-13-26(27)31-32(19(2)3,20(4)5)21(6)7/h10,17-21,26H,1,11-16H2,2-9H3/t26-,27-/m0/s1. The first-order valence-electron chi connectivity index (χ1n) is 12.5. The lowest BCUT2D eigenvalue weighted by Crippen LogP contribution is -2.58. The highest BCUT2D eigenvalue weighted by molar-refractivity contribution is 6.77. The third kappa shape index (κ3) is 3.95. The quantitative estimate of drug-likeness (QED) is 0.288. The van der Waals surface area contributed by atoms with Crippen molar-refractivity contribution in [3.63, 3.8) is 0 Å². The van der Waals surface area contributed by atoms with Crippen LogP contribution in [0.1, 0.15) is 71.9 Å². The Morgan fingerprint density at radius 2 is 1.62 bits per heavy atom. The molecule has 0 radical (unpaired) electrons. The monoisotopic (exact) mass is 459 g/mol. The number of nitrogens with zero attached hydrogens (tertiary/aromatic N) is 1. The molecule has 1 aromatic rings. The number of benzene rings is 1. The molecular formula is C27H45NO3Si. The van der Waals surface area contributed by atoms with Gasteiger partial charge in [0.25, 0.3) is 0 Å². The van der Waals surface area contributed by atoms with E-state index in [1.165, 1.54) is 11.1 Å². The van der Waals surface area contributed by atoms with Crippen LogP contribution in [0.25, 0.3) is 0 Å². The molecule has 3 rings (SSSR count). The maximum absolute atomic E-state index is 7.53. The molecule has 0 aromatic heterocycles. The van der Waals surface area contributed by atoms with Crippen molar-refractivity contribution in [2.75, 3.05) is 27.3 Å². The van der Waals surface area contributed by atoms with Gasteiger partial charge in [0.05, 0.1) is 25.9 Å². The van der Waals surface area contributed by atoms with Crippen molar-refractivity contribution in [2.45, 2.75) is 95.5 Å². The van der Waals surface area contributed by atoms with E-state index in [2.05, 4.69) is 71.2 Å². The minimum absolute atomic E-state index is 0.127. The van der Waals surface area contributed by atoms with Gasteiger partial charge in [-0.25, -0.2) is 0 Å². The third-order valence-corrected chi connectivity index (χ3v) is 14.4. The molecule has 5 heteroatoms. The first kappa shape index (κ1) is 25.3. The van der Waals surface area contributed by atoms with Gasteiger partial charge in [-0.15, -0.1) is 6.58 Å². The van der Waals surface area contributed by atoms with Crippen molar-refractivity contribution in [1.29, 1.82) is 0 Å². The molecule has 2 aliphatic rings. The fourth-order valence-corrected chi connectivity index (χ4v) is 12.6. The van der Waals surface area contributed by atoms with Crippen LogP contribution in [0.15, 0.2) is 24.8 Å². The molecule has 0 saturated carbocycles. The number of hydrogen-bond donors (Lipinski definition) is 0. The largest absolute Gasteiger partial charge is 0.493 e. The minimum Gasteiger partial charge on any atom is -0.493 e. The topological polar surface area (TPSA) is 30.9 Å². The number of allylic oxidation sites excluding steroid dienone is 1. The number of methoxy groups -OCH3 is 2. The van der Waals surface area contributed by atoms with Crippen molar-refractivity contribution in [3.05, 3.63) is 35.9 Å². The van der Waals surface area contributed by atoms with E-state index >= 15 is 0 Å². The summed E-state index contributed by atoms with van der Waals surface area (Å²) in [6.07, 6.45) is 6.39. The van der Waals surface area contributed by atoms with Crippen LogP contribution in [0.3, 0.4) is 0 Å². The van der Waals surface area contributed by atoms with Crippen molar-refractivity contribution in [3.8, 4) is 11.5 Å². The highest BCUT2D eigenvalue weighted by Crippen LogP contribution is 2.53. The maximum Gasteiger partial charge on any atom is 0.200 e. The summed E-state index contributed by atoms with van der Waals surface area (Å²) in [5, 5.41) is 0. The Morgan fingerprint density at radius 1 is 1.03 bits per heavy atom. The average molecular weight is 460 g/mol. The van der Waals surface area contributed by atoms with E-state index in [0.717, 1.165) is 50.3 Å². The molecule has 180 valence electrons. The van der Waals surface area contributed by atoms with Crippen LogP contribution in [0, 0.1) is 0 Å². The molecular weight excluding hydrogens is 414 g/mol. The van der Waals surface area contributed by atoms with Gasteiger partial charge in [-0.05, 0) is 65.6 Å². The van der Waals surface area contributed by atoms with Crippen molar-refractivity contribution < 1.29 is 13.9 Å². The first-order valence-corrected chi connectivity index (χ1v) is 14.6. The normalized spacial score (nSPS) is 23.5. The van der Waals surface area contributed by atoms with Crippen LogP contribution in [0.4, 0.5) is 0 Å². The third-order valence-electron chi connectivity index (χ3n) is 8.27. The predicted octanol–water partition coefficient (Wildman–Crippen LogP) is 6.69. The zero-order chi connectivity index (χ0) is 23.7. The van der Waals surface area contributed by atoms with E-state index in [9.17, 15) is 0 Å². The number of ether oxygens (including phenoxy) is 2. The molecule has 0 unspecified atom stereocenters. The van der Waals surface area contributed by atoms with Gasteiger partial charge in [-0.3, -0.25) is 4.90 Å². The molecule has 1 aromatic carbocycles. The molecule has 0 N–H and O–H groups in total. The van der Waals surface area contributed by atoms with Crippen LogP contribution >= 0.6 is 0 Å². The van der Waals surface area contributed by atoms with E-state index in [-0.39, 0.29) is 11.6 Å². The van der Waals surface area contributed by atoms with Crippen LogP contribution in [0.2, 0.25) is 16.6 Å². The Hall–Kier alpha value is -1.30. The van der Waals surface area contributed by atoms with Gasteiger partial charge in [-0.1, -0.05) is 47.6 Å². The molecule has 32 heavy (non-hydrogen) atoms. The van der Waals surface area contributed by atoms with Gasteiger partial charge < -0.3 is 13.9 Å². The summed E-state index contributed by atoms with van der Waals surface area (Å²) in [6, 6.07) is 4.45. The fraction of sp³-hybridized carbons (Fsp3) is 0.704. The van der Waals surface area contributed by atoms with Gasteiger partial charge >= 0.3 is 0 Å². The molecule has 0 amide bonds. The van der Waals surface area contributed by atoms with E-state index in [1.807, 2.05) is 0 Å². The van der Waals surface area contributed by atoms with Crippen LogP contribution < -0.4 is 9.47 Å². The summed E-state index contributed by atoms with van der Waals surface area (Å²) in [4.78, 5) is 2.70. The minimum atomic E-state index is -2.02. The molecule has 0 spiro atoms. The lowest BCUT2D eigenvalue weighted by molar-refractivity contribution is 0.0150. The Kier molecular flexibility index (Phi) is 7.84. The fourth-order valence-electron chi connectivity index (χ4n) is 6.94. The molecule has 1 fully saturated rings. The molecule has 2 heterocycles. The summed E-state index contributed by atoms with van der Waals surface area (Å²) < 4.78 is 18.9. The van der Waals surface area contributed by atoms with Gasteiger partial charge in [0.1, 0.15) is 0 Å². The van der Waals surface area contributed by atoms with Gasteiger partial charge in [-0.2, -0.15) is 0 Å². The Bertz CT molecular complexity index is 785. The highest BCUT2D eigenvalue weighted by Gasteiger charge is 2.57. The molecule has 1 saturated heterocycles. The van der Waals surface area contributed by atoms with Gasteiger partial charge in [0.2, 0.25) is 8.32 Å². The average Bonchev–Trinajstić information content (AvgIpc) is 3.12. The maximum atomic E-state index is 7.53. The van der Waals surface area contributed by atoms with Crippen LogP contribution in [-0.2, 0) is 16.4 Å². The summed E-state index contributed by atoms with van der Waals surface area (Å²) in [5.74, 6) is 1.64. The zero-order valence-electron chi connectivity index (χ0n) is 21.7. The van der Waals surface area contributed by atoms with Crippen LogP contribution in [0.5, 0.6) is 11.5 Å². The summed E-state index contributed by atoms with van der Waals surface area (Å²) in [7, 11) is 1.43. The van der Waals surface area contributed by atoms with Gasteiger partial charge in [0.15, 0.2) is 11.5 Å². The number of fused-ring (bicyclic) bond motifs is 3. The SMILES string of the molecule is C=CCC[C@@]12c3cc(OC)c(OC)cc3CCN1CC[C@@H]2O[Si](C(C)C)(C(C)C)C(C)C. The second-order valence-electron chi connectivity index (χ2n) is 10.6. The van der Waals surface area contributed by atoms with Gasteiger partial charge in [0, 0.05) is 13.1 Å². The Balaban J connectivity index is 2.18. The second-order valence-corrected chi connectivity index (χ2v) is 16.0. The lowest BCUT2D eigenvalue weighted by atomic mass is 9.75. The Labute approximate surface area is 197 Å². The molecule has 0 aliphatic carbocycles. The molecule has 2 atom stereocenters. The Morgan fingerprint density at radius 3 is 2.16 bits per heavy atom. The first-order chi connectivity index (χ1) is 15.2. The second kappa shape index (κ2) is 9.90. The molecule has 2 aliphatic heterocycles. The number of hydrogen-bond acceptors (Lipinski definition) is 4. The van der Waals surface area contributed by atoms with E-state index in [0.29, 0.717) is 16.6 Å². The van der Waals surface area contributed by atoms with Crippen molar-refractivity contribution in [1.82, 2.24) is 4.90 Å².